The van der Waals surface area contributed by atoms with Crippen molar-refractivity contribution in [3.8, 4) is 0 Å². The highest BCUT2D eigenvalue weighted by Crippen LogP contribution is 2.36. The van der Waals surface area contributed by atoms with Crippen LogP contribution in [-0.4, -0.2) is 46.1 Å². The van der Waals surface area contributed by atoms with E-state index in [2.05, 4.69) is 41.4 Å². The van der Waals surface area contributed by atoms with Crippen molar-refractivity contribution in [1.82, 2.24) is 20.0 Å². The zero-order chi connectivity index (χ0) is 28.4. The Bertz CT molecular complexity index is 1390. The number of para-hydroxylation sites is 2. The number of carbonyl (C=O) groups excluding carboxylic acids is 2. The number of nitrogens with zero attached hydrogens (tertiary/aromatic N) is 4. The molecule has 2 N–H and O–H groups in total. The maximum atomic E-state index is 15.3. The van der Waals surface area contributed by atoms with Crippen molar-refractivity contribution in [2.24, 2.45) is 18.4 Å². The third-order valence-corrected chi connectivity index (χ3v) is 7.90. The van der Waals surface area contributed by atoms with Crippen molar-refractivity contribution in [3.05, 3.63) is 71.2 Å². The van der Waals surface area contributed by atoms with Crippen LogP contribution >= 0.6 is 0 Å². The molecular weight excluding hydrogens is 507 g/mol. The first-order valence-electron chi connectivity index (χ1n) is 14.1. The number of anilines is 3. The number of piperidine rings is 1. The van der Waals surface area contributed by atoms with Crippen molar-refractivity contribution in [3.63, 3.8) is 0 Å². The van der Waals surface area contributed by atoms with Crippen molar-refractivity contribution < 1.29 is 14.0 Å². The molecule has 5 rings (SSSR count). The van der Waals surface area contributed by atoms with Crippen LogP contribution in [0.1, 0.15) is 61.5 Å². The quantitative estimate of drug-likeness (QED) is 0.443. The summed E-state index contributed by atoms with van der Waals surface area (Å²) in [7, 11) is 1.83. The minimum Gasteiger partial charge on any atom is -0.352 e. The maximum Gasteiger partial charge on any atom is 0.261 e. The van der Waals surface area contributed by atoms with E-state index >= 15 is 4.39 Å². The van der Waals surface area contributed by atoms with E-state index < -0.39 is 11.7 Å². The van der Waals surface area contributed by atoms with Gasteiger partial charge in [-0.25, -0.2) is 4.39 Å². The lowest BCUT2D eigenvalue weighted by Crippen LogP contribution is -2.41. The van der Waals surface area contributed by atoms with Gasteiger partial charge in [-0.05, 0) is 74.1 Å². The first-order chi connectivity index (χ1) is 19.1. The molecule has 0 radical (unpaired) electrons. The zero-order valence-corrected chi connectivity index (χ0v) is 23.8. The Morgan fingerprint density at radius 1 is 1.12 bits per heavy atom. The molecule has 1 fully saturated rings. The Kier molecular flexibility index (Phi) is 7.94. The van der Waals surface area contributed by atoms with Crippen molar-refractivity contribution in [1.29, 1.82) is 0 Å². The van der Waals surface area contributed by atoms with E-state index in [-0.39, 0.29) is 30.5 Å². The van der Waals surface area contributed by atoms with Gasteiger partial charge in [0, 0.05) is 25.1 Å². The standard InChI is InChI=1S/C31H39FN6O2/c1-31(2,3)13-16-37-14-11-22(12-15-37)29(39)33-18-21-9-10-24(25(32)17-21)30(40)38-20-23-19-34-36(4)28(23)35-26-7-5-6-8-27(26)38/h5-10,17,19,22,35H,11-16,18,20H2,1-4H3,(H,33,39). The third-order valence-electron chi connectivity index (χ3n) is 7.90. The highest BCUT2D eigenvalue weighted by molar-refractivity contribution is 6.08. The van der Waals surface area contributed by atoms with E-state index in [1.807, 2.05) is 31.3 Å². The van der Waals surface area contributed by atoms with Gasteiger partial charge in [0.05, 0.1) is 29.7 Å². The minimum absolute atomic E-state index is 0.0111. The fourth-order valence-electron chi connectivity index (χ4n) is 5.37. The van der Waals surface area contributed by atoms with Gasteiger partial charge < -0.3 is 20.4 Å². The molecule has 0 unspecified atom stereocenters. The van der Waals surface area contributed by atoms with Gasteiger partial charge in [0.1, 0.15) is 11.6 Å². The van der Waals surface area contributed by atoms with Crippen LogP contribution in [0.25, 0.3) is 0 Å². The van der Waals surface area contributed by atoms with E-state index in [4.69, 9.17) is 0 Å². The lowest BCUT2D eigenvalue weighted by atomic mass is 9.90. The lowest BCUT2D eigenvalue weighted by Gasteiger charge is -2.33. The summed E-state index contributed by atoms with van der Waals surface area (Å²) in [6.45, 7) is 10.2. The van der Waals surface area contributed by atoms with E-state index in [1.54, 1.807) is 21.8 Å². The normalized spacial score (nSPS) is 16.1. The predicted molar refractivity (Wildman–Crippen MR) is 155 cm³/mol. The highest BCUT2D eigenvalue weighted by Gasteiger charge is 2.29. The molecule has 9 heteroatoms. The van der Waals surface area contributed by atoms with Crippen LogP contribution in [0.3, 0.4) is 0 Å². The molecular formula is C31H39FN6O2. The molecule has 1 aromatic heterocycles. The number of likely N-dealkylation sites (tertiary alicyclic amines) is 1. The zero-order valence-electron chi connectivity index (χ0n) is 23.8. The molecule has 0 saturated carbocycles. The van der Waals surface area contributed by atoms with Gasteiger partial charge in [0.15, 0.2) is 0 Å². The highest BCUT2D eigenvalue weighted by atomic mass is 19.1. The molecule has 212 valence electrons. The number of aromatic nitrogens is 2. The van der Waals surface area contributed by atoms with Crippen molar-refractivity contribution >= 4 is 29.0 Å². The Labute approximate surface area is 235 Å². The van der Waals surface area contributed by atoms with Gasteiger partial charge in [-0.15, -0.1) is 0 Å². The van der Waals surface area contributed by atoms with E-state index in [1.165, 1.54) is 12.1 Å². The average Bonchev–Trinajstić information content (AvgIpc) is 3.17. The van der Waals surface area contributed by atoms with Crippen LogP contribution in [0.2, 0.25) is 0 Å². The molecule has 0 aliphatic carbocycles. The Morgan fingerprint density at radius 3 is 2.60 bits per heavy atom. The number of rotatable bonds is 6. The molecule has 2 aliphatic heterocycles. The fraction of sp³-hybridized carbons (Fsp3) is 0.452. The van der Waals surface area contributed by atoms with Gasteiger partial charge >= 0.3 is 0 Å². The molecule has 40 heavy (non-hydrogen) atoms. The number of halogens is 1. The summed E-state index contributed by atoms with van der Waals surface area (Å²) in [5, 5.41) is 10.6. The second kappa shape index (κ2) is 11.4. The molecule has 3 heterocycles. The van der Waals surface area contributed by atoms with Crippen molar-refractivity contribution in [2.75, 3.05) is 29.9 Å². The van der Waals surface area contributed by atoms with Crippen LogP contribution in [0, 0.1) is 17.2 Å². The summed E-state index contributed by atoms with van der Waals surface area (Å²) in [5.74, 6) is -0.255. The number of hydrogen-bond acceptors (Lipinski definition) is 5. The summed E-state index contributed by atoms with van der Waals surface area (Å²) < 4.78 is 17.0. The van der Waals surface area contributed by atoms with Crippen LogP contribution in [0.5, 0.6) is 0 Å². The van der Waals surface area contributed by atoms with Gasteiger partial charge in [-0.2, -0.15) is 5.10 Å². The number of nitrogens with one attached hydrogen (secondary N) is 2. The van der Waals surface area contributed by atoms with E-state index in [0.717, 1.165) is 56.0 Å². The number of amides is 2. The van der Waals surface area contributed by atoms with Crippen LogP contribution in [0.15, 0.2) is 48.7 Å². The third kappa shape index (κ3) is 6.20. The summed E-state index contributed by atoms with van der Waals surface area (Å²) >= 11 is 0. The lowest BCUT2D eigenvalue weighted by molar-refractivity contribution is -0.126. The summed E-state index contributed by atoms with van der Waals surface area (Å²) in [5.41, 5.74) is 3.17. The molecule has 2 aromatic carbocycles. The Balaban J connectivity index is 1.21. The monoisotopic (exact) mass is 546 g/mol. The van der Waals surface area contributed by atoms with Gasteiger partial charge in [0.25, 0.3) is 5.91 Å². The maximum absolute atomic E-state index is 15.3. The second-order valence-corrected chi connectivity index (χ2v) is 12.1. The second-order valence-electron chi connectivity index (χ2n) is 12.1. The number of fused-ring (bicyclic) bond motifs is 2. The van der Waals surface area contributed by atoms with Crippen molar-refractivity contribution in [2.45, 2.75) is 53.1 Å². The molecule has 0 bridgehead atoms. The SMILES string of the molecule is Cn1ncc2c1Nc1ccccc1N(C(=O)c1ccc(CNC(=O)C3CCN(CCC(C)(C)C)CC3)cc1F)C2. The number of carbonyl (C=O) groups is 2. The number of aryl methyl sites for hydroxylation is 1. The van der Waals surface area contributed by atoms with Gasteiger partial charge in [0.2, 0.25) is 5.91 Å². The first-order valence-corrected chi connectivity index (χ1v) is 14.1. The molecule has 2 amide bonds. The summed E-state index contributed by atoms with van der Waals surface area (Å²) in [6.07, 6.45) is 4.52. The van der Waals surface area contributed by atoms with E-state index in [9.17, 15) is 9.59 Å². The van der Waals surface area contributed by atoms with Crippen LogP contribution in [-0.2, 0) is 24.9 Å². The first kappa shape index (κ1) is 27.8. The summed E-state index contributed by atoms with van der Waals surface area (Å²) in [4.78, 5) is 30.4. The number of benzene rings is 2. The summed E-state index contributed by atoms with van der Waals surface area (Å²) in [6, 6.07) is 12.0. The van der Waals surface area contributed by atoms with E-state index in [0.29, 0.717) is 16.7 Å². The molecule has 0 atom stereocenters. The van der Waals surface area contributed by atoms with Crippen LogP contribution < -0.4 is 15.5 Å². The van der Waals surface area contributed by atoms with Gasteiger partial charge in [-0.1, -0.05) is 39.0 Å². The van der Waals surface area contributed by atoms with Crippen LogP contribution in [0.4, 0.5) is 21.6 Å². The Morgan fingerprint density at radius 2 is 1.88 bits per heavy atom. The number of hydrogen-bond donors (Lipinski definition) is 2. The minimum atomic E-state index is -0.606. The predicted octanol–water partition coefficient (Wildman–Crippen LogP) is 5.23. The Hall–Kier alpha value is -3.72. The molecule has 2 aliphatic rings. The molecule has 0 spiro atoms. The largest absolute Gasteiger partial charge is 0.352 e. The topological polar surface area (TPSA) is 82.5 Å². The van der Waals surface area contributed by atoms with Gasteiger partial charge in [-0.3, -0.25) is 14.3 Å². The average molecular weight is 547 g/mol. The molecule has 3 aromatic rings. The molecule has 8 nitrogen and oxygen atoms in total. The molecule has 1 saturated heterocycles. The smallest absolute Gasteiger partial charge is 0.261 e. The fourth-order valence-corrected chi connectivity index (χ4v) is 5.37.